The second-order valence-electron chi connectivity index (χ2n) is 7.89. The molecular formula is C24H23NO. The summed E-state index contributed by atoms with van der Waals surface area (Å²) in [7, 11) is 0. The van der Waals surface area contributed by atoms with E-state index in [4.69, 9.17) is 0 Å². The number of benzene rings is 2. The van der Waals surface area contributed by atoms with Gasteiger partial charge in [0.25, 0.3) is 0 Å². The van der Waals surface area contributed by atoms with E-state index in [1.54, 1.807) is 0 Å². The zero-order valence-corrected chi connectivity index (χ0v) is 14.9. The third kappa shape index (κ3) is 2.36. The highest BCUT2D eigenvalue weighted by Gasteiger charge is 2.51. The van der Waals surface area contributed by atoms with Gasteiger partial charge in [-0.05, 0) is 59.9 Å². The number of aryl methyl sites for hydroxylation is 1. The molecule has 1 fully saturated rings. The van der Waals surface area contributed by atoms with E-state index in [2.05, 4.69) is 66.9 Å². The third-order valence-electron chi connectivity index (χ3n) is 6.42. The number of hydrogen-bond acceptors (Lipinski definition) is 1. The van der Waals surface area contributed by atoms with Crippen LogP contribution in [0.15, 0.2) is 72.8 Å². The molecule has 0 aliphatic heterocycles. The van der Waals surface area contributed by atoms with Gasteiger partial charge in [0.15, 0.2) is 0 Å². The van der Waals surface area contributed by atoms with Gasteiger partial charge >= 0.3 is 0 Å². The molecular weight excluding hydrogens is 318 g/mol. The highest BCUT2D eigenvalue weighted by molar-refractivity contribution is 5.94. The van der Waals surface area contributed by atoms with Crippen LogP contribution in [0.2, 0.25) is 0 Å². The van der Waals surface area contributed by atoms with Crippen LogP contribution in [-0.2, 0) is 4.79 Å². The molecule has 1 N–H and O–H groups in total. The standard InChI is InChI=1S/C24H23NO/c1-15-7-6-8-16(13-15)25-24(26)22-14-21-17-9-2-4-11-19(17)23(22)20-12-5-3-10-18(20)21/h2-13,17,19,21-23H,14H2,1H3,(H,25,26)/t17-,19-,21-,22-,23-/m0/s1. The Morgan fingerprint density at radius 1 is 0.962 bits per heavy atom. The number of rotatable bonds is 2. The molecule has 1 amide bonds. The van der Waals surface area contributed by atoms with Gasteiger partial charge in [0.1, 0.15) is 0 Å². The quantitative estimate of drug-likeness (QED) is 0.800. The molecule has 1 saturated carbocycles. The summed E-state index contributed by atoms with van der Waals surface area (Å²) in [5.74, 6) is 1.88. The number of fused-ring (bicyclic) bond motifs is 1. The maximum absolute atomic E-state index is 13.2. The van der Waals surface area contributed by atoms with Crippen molar-refractivity contribution in [2.24, 2.45) is 17.8 Å². The fraction of sp³-hybridized carbons (Fsp3) is 0.292. The van der Waals surface area contributed by atoms with Crippen LogP contribution in [0.1, 0.15) is 34.9 Å². The lowest BCUT2D eigenvalue weighted by molar-refractivity contribution is -0.122. The molecule has 130 valence electrons. The van der Waals surface area contributed by atoms with Crippen molar-refractivity contribution in [1.82, 2.24) is 0 Å². The molecule has 0 spiro atoms. The molecule has 6 rings (SSSR count). The van der Waals surface area contributed by atoms with E-state index >= 15 is 0 Å². The van der Waals surface area contributed by atoms with E-state index < -0.39 is 0 Å². The van der Waals surface area contributed by atoms with Gasteiger partial charge in [-0.1, -0.05) is 60.7 Å². The maximum atomic E-state index is 13.2. The number of hydrogen-bond donors (Lipinski definition) is 1. The third-order valence-corrected chi connectivity index (χ3v) is 6.42. The Labute approximate surface area is 154 Å². The average molecular weight is 341 g/mol. The Balaban J connectivity index is 1.51. The van der Waals surface area contributed by atoms with Gasteiger partial charge in [0.2, 0.25) is 5.91 Å². The maximum Gasteiger partial charge on any atom is 0.228 e. The number of carbonyl (C=O) groups is 1. The summed E-state index contributed by atoms with van der Waals surface area (Å²) in [6, 6.07) is 16.8. The minimum atomic E-state index is 0.0350. The summed E-state index contributed by atoms with van der Waals surface area (Å²) in [4.78, 5) is 13.2. The van der Waals surface area contributed by atoms with Crippen molar-refractivity contribution in [2.45, 2.75) is 25.2 Å². The normalized spacial score (nSPS) is 30.6. The van der Waals surface area contributed by atoms with Gasteiger partial charge < -0.3 is 5.32 Å². The van der Waals surface area contributed by atoms with Crippen LogP contribution in [0.25, 0.3) is 0 Å². The lowest BCUT2D eigenvalue weighted by Crippen LogP contribution is -2.46. The van der Waals surface area contributed by atoms with E-state index in [-0.39, 0.29) is 17.7 Å². The molecule has 0 aromatic heterocycles. The predicted octanol–water partition coefficient (Wildman–Crippen LogP) is 5.19. The van der Waals surface area contributed by atoms with Crippen molar-refractivity contribution >= 4 is 11.6 Å². The van der Waals surface area contributed by atoms with Crippen LogP contribution < -0.4 is 5.32 Å². The zero-order chi connectivity index (χ0) is 17.7. The Morgan fingerprint density at radius 3 is 2.54 bits per heavy atom. The number of anilines is 1. The minimum Gasteiger partial charge on any atom is -0.326 e. The molecule has 5 atom stereocenters. The van der Waals surface area contributed by atoms with Gasteiger partial charge in [0, 0.05) is 17.5 Å². The fourth-order valence-corrected chi connectivity index (χ4v) is 5.39. The number of carbonyl (C=O) groups excluding carboxylic acids is 1. The van der Waals surface area contributed by atoms with Crippen LogP contribution >= 0.6 is 0 Å². The van der Waals surface area contributed by atoms with Crippen LogP contribution in [-0.4, -0.2) is 5.91 Å². The van der Waals surface area contributed by atoms with E-state index in [9.17, 15) is 4.79 Å². The first-order chi connectivity index (χ1) is 12.7. The van der Waals surface area contributed by atoms with E-state index in [0.29, 0.717) is 17.8 Å². The Hall–Kier alpha value is -2.61. The molecule has 0 heterocycles. The fourth-order valence-electron chi connectivity index (χ4n) is 5.39. The van der Waals surface area contributed by atoms with Crippen molar-refractivity contribution in [3.05, 3.63) is 89.5 Å². The average Bonchev–Trinajstić information content (AvgIpc) is 2.68. The van der Waals surface area contributed by atoms with Gasteiger partial charge in [0.05, 0.1) is 0 Å². The highest BCUT2D eigenvalue weighted by atomic mass is 16.1. The molecule has 2 bridgehead atoms. The monoisotopic (exact) mass is 341 g/mol. The molecule has 4 aliphatic rings. The van der Waals surface area contributed by atoms with E-state index in [1.165, 1.54) is 16.7 Å². The topological polar surface area (TPSA) is 29.1 Å². The SMILES string of the molecule is Cc1cccc(NC(=O)[C@H]2C[C@@H]3c4ccccc4[C@@H]2[C@H]2C=CC=C[C@@H]23)c1. The van der Waals surface area contributed by atoms with Crippen molar-refractivity contribution in [3.63, 3.8) is 0 Å². The molecule has 26 heavy (non-hydrogen) atoms. The molecule has 0 radical (unpaired) electrons. The Morgan fingerprint density at radius 2 is 1.73 bits per heavy atom. The lowest BCUT2D eigenvalue weighted by Gasteiger charge is -2.52. The molecule has 2 heteroatoms. The van der Waals surface area contributed by atoms with Gasteiger partial charge in [-0.25, -0.2) is 0 Å². The Kier molecular flexibility index (Phi) is 3.59. The second-order valence-corrected chi connectivity index (χ2v) is 7.89. The molecule has 0 unspecified atom stereocenters. The van der Waals surface area contributed by atoms with Crippen molar-refractivity contribution < 1.29 is 4.79 Å². The first-order valence-electron chi connectivity index (χ1n) is 9.54. The van der Waals surface area contributed by atoms with Gasteiger partial charge in [-0.3, -0.25) is 4.79 Å². The largest absolute Gasteiger partial charge is 0.326 e. The lowest BCUT2D eigenvalue weighted by atomic mass is 9.51. The first kappa shape index (κ1) is 15.6. The first-order valence-corrected chi connectivity index (χ1v) is 9.54. The summed E-state index contributed by atoms with van der Waals surface area (Å²) in [5.41, 5.74) is 4.91. The molecule has 0 saturated heterocycles. The highest BCUT2D eigenvalue weighted by Crippen LogP contribution is 2.59. The van der Waals surface area contributed by atoms with Crippen molar-refractivity contribution in [3.8, 4) is 0 Å². The molecule has 2 aromatic carbocycles. The van der Waals surface area contributed by atoms with Crippen molar-refractivity contribution in [2.75, 3.05) is 5.32 Å². The van der Waals surface area contributed by atoms with E-state index in [1.807, 2.05) is 18.2 Å². The number of amides is 1. The number of allylic oxidation sites excluding steroid dienone is 4. The van der Waals surface area contributed by atoms with Crippen LogP contribution in [0.3, 0.4) is 0 Å². The second kappa shape index (κ2) is 5.98. The van der Waals surface area contributed by atoms with E-state index in [0.717, 1.165) is 12.1 Å². The summed E-state index contributed by atoms with van der Waals surface area (Å²) in [5, 5.41) is 3.18. The summed E-state index contributed by atoms with van der Waals surface area (Å²) >= 11 is 0. The molecule has 4 aliphatic carbocycles. The van der Waals surface area contributed by atoms with Crippen LogP contribution in [0.5, 0.6) is 0 Å². The van der Waals surface area contributed by atoms with Gasteiger partial charge in [-0.2, -0.15) is 0 Å². The molecule has 2 aromatic rings. The summed E-state index contributed by atoms with van der Waals surface area (Å²) in [6.07, 6.45) is 9.95. The summed E-state index contributed by atoms with van der Waals surface area (Å²) < 4.78 is 0. The van der Waals surface area contributed by atoms with Crippen LogP contribution in [0.4, 0.5) is 5.69 Å². The van der Waals surface area contributed by atoms with Crippen LogP contribution in [0, 0.1) is 24.7 Å². The smallest absolute Gasteiger partial charge is 0.228 e. The van der Waals surface area contributed by atoms with Gasteiger partial charge in [-0.15, -0.1) is 0 Å². The number of nitrogens with one attached hydrogen (secondary N) is 1. The summed E-state index contributed by atoms with van der Waals surface area (Å²) in [6.45, 7) is 2.05. The minimum absolute atomic E-state index is 0.0350. The van der Waals surface area contributed by atoms with Crippen molar-refractivity contribution in [1.29, 1.82) is 0 Å². The zero-order valence-electron chi connectivity index (χ0n) is 14.9. The Bertz CT molecular complexity index is 925. The molecule has 2 nitrogen and oxygen atoms in total. The predicted molar refractivity (Wildman–Crippen MR) is 105 cm³/mol.